The van der Waals surface area contributed by atoms with Gasteiger partial charge in [-0.05, 0) is 48.2 Å². The van der Waals surface area contributed by atoms with Crippen LogP contribution >= 0.6 is 34.8 Å². The van der Waals surface area contributed by atoms with E-state index in [-0.39, 0.29) is 29.9 Å². The Hall–Kier alpha value is -2.72. The van der Waals surface area contributed by atoms with Crippen LogP contribution in [0.4, 0.5) is 0 Å². The summed E-state index contributed by atoms with van der Waals surface area (Å²) in [6.45, 7) is 1.48. The molecular formula is C24H20Cl3N3O3. The van der Waals surface area contributed by atoms with Crippen LogP contribution in [-0.2, 0) is 6.42 Å². The van der Waals surface area contributed by atoms with Gasteiger partial charge in [-0.2, -0.15) is 5.26 Å². The third-order valence-corrected chi connectivity index (χ3v) is 6.63. The molecule has 1 amide bonds. The van der Waals surface area contributed by atoms with Crippen LogP contribution in [0.5, 0.6) is 5.88 Å². The van der Waals surface area contributed by atoms with Crippen molar-refractivity contribution in [2.24, 2.45) is 5.92 Å². The average molecular weight is 505 g/mol. The molecule has 1 fully saturated rings. The molecule has 0 radical (unpaired) electrons. The van der Waals surface area contributed by atoms with E-state index in [0.29, 0.717) is 52.8 Å². The second-order valence-electron chi connectivity index (χ2n) is 7.80. The van der Waals surface area contributed by atoms with Crippen LogP contribution in [0.15, 0.2) is 53.1 Å². The number of furan rings is 1. The molecule has 1 aliphatic rings. The molecular weight excluding hydrogens is 485 g/mol. The highest BCUT2D eigenvalue weighted by Crippen LogP contribution is 2.38. The minimum atomic E-state index is -0.202. The van der Waals surface area contributed by atoms with Gasteiger partial charge in [0, 0.05) is 31.3 Å². The summed E-state index contributed by atoms with van der Waals surface area (Å²) in [5.74, 6) is 1.19. The van der Waals surface area contributed by atoms with Gasteiger partial charge >= 0.3 is 0 Å². The van der Waals surface area contributed by atoms with Gasteiger partial charge in [-0.25, -0.2) is 4.98 Å². The summed E-state index contributed by atoms with van der Waals surface area (Å²) < 4.78 is 11.4. The molecule has 170 valence electrons. The summed E-state index contributed by atoms with van der Waals surface area (Å²) in [5, 5.41) is 10.4. The number of nitrogens with zero attached hydrogens (tertiary/aromatic N) is 3. The van der Waals surface area contributed by atoms with Gasteiger partial charge in [-0.1, -0.05) is 40.9 Å². The number of halogens is 3. The lowest BCUT2D eigenvalue weighted by atomic mass is 9.87. The van der Waals surface area contributed by atoms with Crippen LogP contribution in [0.2, 0.25) is 15.1 Å². The van der Waals surface area contributed by atoms with Crippen LogP contribution in [0, 0.1) is 17.2 Å². The molecule has 6 nitrogen and oxygen atoms in total. The quantitative estimate of drug-likeness (QED) is 0.393. The zero-order chi connectivity index (χ0) is 23.4. The summed E-state index contributed by atoms with van der Waals surface area (Å²) in [6, 6.07) is 14.3. The number of likely N-dealkylation sites (tertiary alicyclic amines) is 1. The Labute approximate surface area is 206 Å². The molecule has 3 heterocycles. The molecule has 0 N–H and O–H groups in total. The summed E-state index contributed by atoms with van der Waals surface area (Å²) >= 11 is 18.2. The molecule has 2 atom stereocenters. The fraction of sp³-hybridized carbons (Fsp3) is 0.292. The molecule has 2 unspecified atom stereocenters. The smallest absolute Gasteiger partial charge is 0.289 e. The maximum absolute atomic E-state index is 13.1. The molecule has 1 aromatic carbocycles. The minimum Gasteiger partial charge on any atom is -0.478 e. The first-order valence-electron chi connectivity index (χ1n) is 10.4. The first-order valence-corrected chi connectivity index (χ1v) is 11.5. The highest BCUT2D eigenvalue weighted by molar-refractivity contribution is 6.42. The second kappa shape index (κ2) is 10.5. The molecule has 1 saturated heterocycles. The fourth-order valence-electron chi connectivity index (χ4n) is 4.03. The average Bonchev–Trinajstić information content (AvgIpc) is 3.44. The minimum absolute atomic E-state index is 0.0547. The first kappa shape index (κ1) is 23.4. The largest absolute Gasteiger partial charge is 0.478 e. The van der Waals surface area contributed by atoms with E-state index in [1.54, 1.807) is 35.2 Å². The summed E-state index contributed by atoms with van der Waals surface area (Å²) in [5.41, 5.74) is 1.01. The standard InChI is InChI=1S/C24H20Cl3N3O3/c25-17-2-6-23(29-12-17)32-10-8-16-13-30(24(31)22-5-3-18(33-22)7-9-28)14-19(16)15-1-4-20(26)21(27)11-15/h1-6,11-12,16,19H,7-8,10,13-14H2. The normalized spacial score (nSPS) is 17.7. The van der Waals surface area contributed by atoms with Gasteiger partial charge < -0.3 is 14.1 Å². The predicted molar refractivity (Wildman–Crippen MR) is 126 cm³/mol. The van der Waals surface area contributed by atoms with Gasteiger partial charge in [-0.3, -0.25) is 4.79 Å². The topological polar surface area (TPSA) is 79.4 Å². The van der Waals surface area contributed by atoms with Gasteiger partial charge in [0.05, 0.1) is 34.2 Å². The maximum Gasteiger partial charge on any atom is 0.289 e. The fourth-order valence-corrected chi connectivity index (χ4v) is 4.45. The van der Waals surface area contributed by atoms with Crippen LogP contribution < -0.4 is 4.74 Å². The Morgan fingerprint density at radius 1 is 1.15 bits per heavy atom. The van der Waals surface area contributed by atoms with Gasteiger partial charge in [0.1, 0.15) is 5.76 Å². The van der Waals surface area contributed by atoms with E-state index in [4.69, 9.17) is 49.2 Å². The van der Waals surface area contributed by atoms with Crippen molar-refractivity contribution in [1.82, 2.24) is 9.88 Å². The maximum atomic E-state index is 13.1. The summed E-state index contributed by atoms with van der Waals surface area (Å²) in [6.07, 6.45) is 2.37. The van der Waals surface area contributed by atoms with Crippen LogP contribution in [0.3, 0.4) is 0 Å². The van der Waals surface area contributed by atoms with E-state index in [1.807, 2.05) is 18.2 Å². The van der Waals surface area contributed by atoms with Gasteiger partial charge in [-0.15, -0.1) is 0 Å². The Kier molecular flexibility index (Phi) is 7.44. The second-order valence-corrected chi connectivity index (χ2v) is 9.05. The van der Waals surface area contributed by atoms with Gasteiger partial charge in [0.2, 0.25) is 5.88 Å². The third-order valence-electron chi connectivity index (χ3n) is 5.66. The molecule has 0 spiro atoms. The molecule has 0 aliphatic carbocycles. The zero-order valence-corrected chi connectivity index (χ0v) is 19.8. The number of pyridine rings is 1. The number of nitriles is 1. The molecule has 9 heteroatoms. The lowest BCUT2D eigenvalue weighted by Crippen LogP contribution is -2.28. The molecule has 1 aliphatic heterocycles. The molecule has 3 aromatic rings. The summed E-state index contributed by atoms with van der Waals surface area (Å²) in [7, 11) is 0. The number of benzene rings is 1. The Morgan fingerprint density at radius 3 is 2.73 bits per heavy atom. The highest BCUT2D eigenvalue weighted by atomic mass is 35.5. The van der Waals surface area contributed by atoms with Crippen molar-refractivity contribution in [2.45, 2.75) is 18.8 Å². The number of carbonyl (C=O) groups is 1. The number of hydrogen-bond donors (Lipinski definition) is 0. The number of hydrogen-bond acceptors (Lipinski definition) is 5. The molecule has 0 saturated carbocycles. The van der Waals surface area contributed by atoms with Crippen LogP contribution in [0.1, 0.15) is 34.2 Å². The molecule has 4 rings (SSSR count). The number of aromatic nitrogens is 1. The monoisotopic (exact) mass is 503 g/mol. The number of carbonyl (C=O) groups excluding carboxylic acids is 1. The third kappa shape index (κ3) is 5.62. The van der Waals surface area contributed by atoms with Gasteiger partial charge in [0.25, 0.3) is 5.91 Å². The van der Waals surface area contributed by atoms with E-state index in [9.17, 15) is 4.79 Å². The lowest BCUT2D eigenvalue weighted by Gasteiger charge is -2.19. The molecule has 2 aromatic heterocycles. The highest BCUT2D eigenvalue weighted by Gasteiger charge is 2.37. The Morgan fingerprint density at radius 2 is 2.00 bits per heavy atom. The molecule has 33 heavy (non-hydrogen) atoms. The Bertz CT molecular complexity index is 1170. The van der Waals surface area contributed by atoms with Crippen molar-refractivity contribution in [3.05, 3.63) is 80.8 Å². The van der Waals surface area contributed by atoms with E-state index < -0.39 is 0 Å². The van der Waals surface area contributed by atoms with Crippen LogP contribution in [0.25, 0.3) is 0 Å². The Balaban J connectivity index is 1.49. The van der Waals surface area contributed by atoms with Crippen molar-refractivity contribution >= 4 is 40.7 Å². The summed E-state index contributed by atoms with van der Waals surface area (Å²) in [4.78, 5) is 19.0. The van der Waals surface area contributed by atoms with Crippen molar-refractivity contribution in [1.29, 1.82) is 5.26 Å². The van der Waals surface area contributed by atoms with Crippen molar-refractivity contribution in [3.63, 3.8) is 0 Å². The first-order chi connectivity index (χ1) is 15.9. The number of rotatable bonds is 7. The van der Waals surface area contributed by atoms with E-state index in [0.717, 1.165) is 5.56 Å². The van der Waals surface area contributed by atoms with E-state index in [1.165, 1.54) is 6.20 Å². The zero-order valence-electron chi connectivity index (χ0n) is 17.5. The SMILES string of the molecule is N#CCc1ccc(C(=O)N2CC(CCOc3ccc(Cl)cn3)C(c3ccc(Cl)c(Cl)c3)C2)o1. The van der Waals surface area contributed by atoms with E-state index in [2.05, 4.69) is 4.98 Å². The van der Waals surface area contributed by atoms with Crippen LogP contribution in [-0.4, -0.2) is 35.5 Å². The van der Waals surface area contributed by atoms with E-state index >= 15 is 0 Å². The van der Waals surface area contributed by atoms with Crippen molar-refractivity contribution < 1.29 is 13.9 Å². The number of ether oxygens (including phenoxy) is 1. The van der Waals surface area contributed by atoms with Crippen molar-refractivity contribution in [3.8, 4) is 11.9 Å². The predicted octanol–water partition coefficient (Wildman–Crippen LogP) is 6.03. The number of amides is 1. The molecule has 0 bridgehead atoms. The van der Waals surface area contributed by atoms with Crippen molar-refractivity contribution in [2.75, 3.05) is 19.7 Å². The lowest BCUT2D eigenvalue weighted by molar-refractivity contribution is 0.0751. The van der Waals surface area contributed by atoms with Gasteiger partial charge in [0.15, 0.2) is 5.76 Å².